The lowest BCUT2D eigenvalue weighted by molar-refractivity contribution is 0.103. The number of aromatic amines is 1. The molecule has 2 N–H and O–H groups in total. The summed E-state index contributed by atoms with van der Waals surface area (Å²) in [6.07, 6.45) is 0. The number of carbonyl (C=O) groups is 1. The van der Waals surface area contributed by atoms with Gasteiger partial charge in [-0.15, -0.1) is 16.4 Å². The van der Waals surface area contributed by atoms with E-state index in [4.69, 9.17) is 0 Å². The minimum Gasteiger partial charge on any atom is -0.321 e. The predicted molar refractivity (Wildman–Crippen MR) is 79.6 cm³/mol. The highest BCUT2D eigenvalue weighted by Crippen LogP contribution is 2.28. The summed E-state index contributed by atoms with van der Waals surface area (Å²) in [6, 6.07) is 9.09. The Bertz CT molecular complexity index is 726. The van der Waals surface area contributed by atoms with Crippen molar-refractivity contribution in [1.82, 2.24) is 20.6 Å². The van der Waals surface area contributed by atoms with Crippen LogP contribution in [-0.4, -0.2) is 26.5 Å². The van der Waals surface area contributed by atoms with E-state index in [0.717, 1.165) is 4.47 Å². The lowest BCUT2D eigenvalue weighted by Gasteiger charge is -2.08. The number of aromatic nitrogens is 4. The Kier molecular flexibility index (Phi) is 3.57. The lowest BCUT2D eigenvalue weighted by Crippen LogP contribution is -2.11. The lowest BCUT2D eigenvalue weighted by atomic mass is 10.1. The van der Waals surface area contributed by atoms with Crippen LogP contribution in [0.15, 0.2) is 40.2 Å². The fraction of sp³-hybridized carbons (Fsp3) is 0. The van der Waals surface area contributed by atoms with E-state index in [1.807, 2.05) is 23.6 Å². The summed E-state index contributed by atoms with van der Waals surface area (Å²) in [4.78, 5) is 12.8. The van der Waals surface area contributed by atoms with Crippen molar-refractivity contribution >= 4 is 38.9 Å². The highest BCUT2D eigenvalue weighted by molar-refractivity contribution is 9.10. The molecule has 0 aliphatic heterocycles. The number of rotatable bonds is 3. The first kappa shape index (κ1) is 12.9. The number of tetrazole rings is 1. The SMILES string of the molecule is O=C(Nc1ccc(Br)cc1-c1nnn[nH]1)c1cccs1. The van der Waals surface area contributed by atoms with Crippen molar-refractivity contribution in [3.63, 3.8) is 0 Å². The van der Waals surface area contributed by atoms with E-state index in [9.17, 15) is 4.79 Å². The van der Waals surface area contributed by atoms with Crippen molar-refractivity contribution in [2.75, 3.05) is 5.32 Å². The van der Waals surface area contributed by atoms with Gasteiger partial charge < -0.3 is 5.32 Å². The maximum Gasteiger partial charge on any atom is 0.265 e. The standard InChI is InChI=1S/C12H8BrN5OS/c13-7-3-4-9(8(6-7)11-15-17-18-16-11)14-12(19)10-2-1-5-20-10/h1-6H,(H,14,19)(H,15,16,17,18). The molecular formula is C12H8BrN5OS. The third-order valence-corrected chi connectivity index (χ3v) is 3.94. The number of hydrogen-bond donors (Lipinski definition) is 2. The Labute approximate surface area is 126 Å². The van der Waals surface area contributed by atoms with Crippen LogP contribution in [0, 0.1) is 0 Å². The summed E-state index contributed by atoms with van der Waals surface area (Å²) in [5.74, 6) is 0.337. The Morgan fingerprint density at radius 3 is 2.95 bits per heavy atom. The van der Waals surface area contributed by atoms with E-state index in [1.54, 1.807) is 12.1 Å². The van der Waals surface area contributed by atoms with Crippen LogP contribution in [0.2, 0.25) is 0 Å². The van der Waals surface area contributed by atoms with Crippen LogP contribution < -0.4 is 5.32 Å². The summed E-state index contributed by atoms with van der Waals surface area (Å²) < 4.78 is 0.873. The topological polar surface area (TPSA) is 83.6 Å². The molecule has 2 heterocycles. The average molecular weight is 350 g/mol. The zero-order chi connectivity index (χ0) is 13.9. The van der Waals surface area contributed by atoms with Gasteiger partial charge in [-0.1, -0.05) is 22.0 Å². The number of nitrogens with one attached hydrogen (secondary N) is 2. The fourth-order valence-electron chi connectivity index (χ4n) is 1.69. The van der Waals surface area contributed by atoms with Gasteiger partial charge in [0.15, 0.2) is 5.82 Å². The number of H-pyrrole nitrogens is 1. The number of amides is 1. The number of nitrogens with zero attached hydrogens (tertiary/aromatic N) is 3. The normalized spacial score (nSPS) is 10.4. The molecule has 0 unspecified atom stereocenters. The smallest absolute Gasteiger partial charge is 0.265 e. The van der Waals surface area contributed by atoms with Crippen molar-refractivity contribution in [3.8, 4) is 11.4 Å². The molecule has 0 bridgehead atoms. The molecule has 3 rings (SSSR count). The molecule has 100 valence electrons. The second-order valence-corrected chi connectivity index (χ2v) is 5.73. The maximum atomic E-state index is 12.1. The van der Waals surface area contributed by atoms with Crippen molar-refractivity contribution < 1.29 is 4.79 Å². The molecule has 0 saturated heterocycles. The molecule has 3 aromatic rings. The Morgan fingerprint density at radius 1 is 1.35 bits per heavy atom. The summed E-state index contributed by atoms with van der Waals surface area (Å²) in [6.45, 7) is 0. The van der Waals surface area contributed by atoms with Gasteiger partial charge >= 0.3 is 0 Å². The molecule has 0 fully saturated rings. The van der Waals surface area contributed by atoms with Crippen LogP contribution in [0.1, 0.15) is 9.67 Å². The average Bonchev–Trinajstić information content (AvgIpc) is 3.13. The number of halogens is 1. The number of hydrogen-bond acceptors (Lipinski definition) is 5. The molecule has 20 heavy (non-hydrogen) atoms. The van der Waals surface area contributed by atoms with Crippen LogP contribution in [-0.2, 0) is 0 Å². The third kappa shape index (κ3) is 2.61. The first-order chi connectivity index (χ1) is 9.74. The van der Waals surface area contributed by atoms with Gasteiger partial charge in [-0.05, 0) is 40.1 Å². The van der Waals surface area contributed by atoms with Gasteiger partial charge in [-0.2, -0.15) is 0 Å². The maximum absolute atomic E-state index is 12.1. The Morgan fingerprint density at radius 2 is 2.25 bits per heavy atom. The summed E-state index contributed by atoms with van der Waals surface area (Å²) >= 11 is 4.78. The molecule has 1 amide bonds. The molecule has 0 aliphatic rings. The van der Waals surface area contributed by atoms with Crippen LogP contribution >= 0.6 is 27.3 Å². The number of carbonyl (C=O) groups excluding carboxylic acids is 1. The Hall–Kier alpha value is -2.06. The second kappa shape index (κ2) is 5.51. The number of benzene rings is 1. The van der Waals surface area contributed by atoms with Gasteiger partial charge in [0, 0.05) is 10.0 Å². The fourth-order valence-corrected chi connectivity index (χ4v) is 2.67. The third-order valence-electron chi connectivity index (χ3n) is 2.58. The highest BCUT2D eigenvalue weighted by Gasteiger charge is 2.13. The first-order valence-electron chi connectivity index (χ1n) is 5.62. The quantitative estimate of drug-likeness (QED) is 0.761. The van der Waals surface area contributed by atoms with Crippen LogP contribution in [0.3, 0.4) is 0 Å². The molecule has 0 aliphatic carbocycles. The van der Waals surface area contributed by atoms with Crippen LogP contribution in [0.5, 0.6) is 0 Å². The molecule has 8 heteroatoms. The summed E-state index contributed by atoms with van der Waals surface area (Å²) in [5, 5.41) is 18.4. The molecule has 0 atom stereocenters. The monoisotopic (exact) mass is 349 g/mol. The molecule has 1 aromatic carbocycles. The van der Waals surface area contributed by atoms with Crippen molar-refractivity contribution in [2.45, 2.75) is 0 Å². The molecule has 0 saturated carbocycles. The highest BCUT2D eigenvalue weighted by atomic mass is 79.9. The minimum atomic E-state index is -0.156. The van der Waals surface area contributed by atoms with E-state index >= 15 is 0 Å². The molecule has 0 radical (unpaired) electrons. The zero-order valence-electron chi connectivity index (χ0n) is 10.0. The van der Waals surface area contributed by atoms with Gasteiger partial charge in [0.05, 0.1) is 10.6 Å². The molecular weight excluding hydrogens is 342 g/mol. The molecule has 2 aromatic heterocycles. The number of anilines is 1. The molecule has 0 spiro atoms. The summed E-state index contributed by atoms with van der Waals surface area (Å²) in [5.41, 5.74) is 1.36. The van der Waals surface area contributed by atoms with Crippen molar-refractivity contribution in [3.05, 3.63) is 45.1 Å². The first-order valence-corrected chi connectivity index (χ1v) is 7.30. The van der Waals surface area contributed by atoms with Gasteiger partial charge in [0.2, 0.25) is 0 Å². The zero-order valence-corrected chi connectivity index (χ0v) is 12.4. The second-order valence-electron chi connectivity index (χ2n) is 3.87. The van der Waals surface area contributed by atoms with Gasteiger partial charge in [-0.3, -0.25) is 4.79 Å². The summed E-state index contributed by atoms with van der Waals surface area (Å²) in [7, 11) is 0. The van der Waals surface area contributed by atoms with Crippen LogP contribution in [0.4, 0.5) is 5.69 Å². The van der Waals surface area contributed by atoms with Crippen molar-refractivity contribution in [1.29, 1.82) is 0 Å². The number of thiophene rings is 1. The van der Waals surface area contributed by atoms with Gasteiger partial charge in [-0.25, -0.2) is 5.10 Å². The van der Waals surface area contributed by atoms with E-state index in [-0.39, 0.29) is 5.91 Å². The largest absolute Gasteiger partial charge is 0.321 e. The van der Waals surface area contributed by atoms with E-state index in [0.29, 0.717) is 22.0 Å². The van der Waals surface area contributed by atoms with Gasteiger partial charge in [0.25, 0.3) is 5.91 Å². The Balaban J connectivity index is 1.96. The van der Waals surface area contributed by atoms with E-state index < -0.39 is 0 Å². The van der Waals surface area contributed by atoms with E-state index in [2.05, 4.69) is 41.9 Å². The molecule has 6 nitrogen and oxygen atoms in total. The van der Waals surface area contributed by atoms with E-state index in [1.165, 1.54) is 11.3 Å². The van der Waals surface area contributed by atoms with Crippen molar-refractivity contribution in [2.24, 2.45) is 0 Å². The van der Waals surface area contributed by atoms with Gasteiger partial charge in [0.1, 0.15) is 0 Å². The minimum absolute atomic E-state index is 0.156. The predicted octanol–water partition coefficient (Wildman–Crippen LogP) is 2.94. The van der Waals surface area contributed by atoms with Crippen LogP contribution in [0.25, 0.3) is 11.4 Å².